The SMILES string of the molecule is COc1ccc(N2CCN(C(=O)c3cc(N4C(=O)[C@H]5[C@H]6CC[C@@H](C6)[C@@H]5C4=O)ccc3Cl)CC2)cc1. The van der Waals surface area contributed by atoms with Crippen molar-refractivity contribution in [1.29, 1.82) is 0 Å². The fraction of sp³-hybridized carbons (Fsp3) is 0.444. The van der Waals surface area contributed by atoms with Gasteiger partial charge in [0.15, 0.2) is 0 Å². The predicted octanol–water partition coefficient (Wildman–Crippen LogP) is 3.85. The van der Waals surface area contributed by atoms with Gasteiger partial charge in [-0.2, -0.15) is 0 Å². The molecule has 0 radical (unpaired) electrons. The Labute approximate surface area is 209 Å². The maximum Gasteiger partial charge on any atom is 0.255 e. The minimum Gasteiger partial charge on any atom is -0.497 e. The lowest BCUT2D eigenvalue weighted by Crippen LogP contribution is -2.48. The summed E-state index contributed by atoms with van der Waals surface area (Å²) < 4.78 is 5.23. The number of ether oxygens (including phenoxy) is 1. The Morgan fingerprint density at radius 3 is 2.09 bits per heavy atom. The molecule has 2 saturated carbocycles. The van der Waals surface area contributed by atoms with Gasteiger partial charge in [0, 0.05) is 31.9 Å². The van der Waals surface area contributed by atoms with E-state index in [-0.39, 0.29) is 29.6 Å². The fourth-order valence-electron chi connectivity index (χ4n) is 6.61. The minimum absolute atomic E-state index is 0.110. The van der Waals surface area contributed by atoms with Crippen LogP contribution in [-0.4, -0.2) is 55.9 Å². The van der Waals surface area contributed by atoms with Crippen LogP contribution in [0, 0.1) is 23.7 Å². The number of halogens is 1. The van der Waals surface area contributed by atoms with Gasteiger partial charge in [-0.1, -0.05) is 11.6 Å². The molecule has 0 unspecified atom stereocenters. The first-order valence-electron chi connectivity index (χ1n) is 12.3. The maximum atomic E-state index is 13.4. The molecule has 0 spiro atoms. The summed E-state index contributed by atoms with van der Waals surface area (Å²) in [6, 6.07) is 12.8. The summed E-state index contributed by atoms with van der Waals surface area (Å²) in [6.07, 6.45) is 3.06. The summed E-state index contributed by atoms with van der Waals surface area (Å²) in [6.45, 7) is 2.51. The largest absolute Gasteiger partial charge is 0.497 e. The molecular weight excluding hydrogens is 466 g/mol. The molecular formula is C27H28ClN3O4. The molecule has 35 heavy (non-hydrogen) atoms. The molecule has 2 bridgehead atoms. The number of imide groups is 1. The number of benzene rings is 2. The first-order chi connectivity index (χ1) is 17.0. The van der Waals surface area contributed by atoms with Gasteiger partial charge in [-0.3, -0.25) is 19.3 Å². The van der Waals surface area contributed by atoms with Crippen LogP contribution in [0.2, 0.25) is 5.02 Å². The Kier molecular flexibility index (Phi) is 5.48. The molecule has 8 heteroatoms. The summed E-state index contributed by atoms with van der Waals surface area (Å²) in [5, 5.41) is 0.329. The predicted molar refractivity (Wildman–Crippen MR) is 133 cm³/mol. The third-order valence-corrected chi connectivity index (χ3v) is 8.70. The molecule has 2 aromatic carbocycles. The van der Waals surface area contributed by atoms with Crippen molar-refractivity contribution in [3.63, 3.8) is 0 Å². The third-order valence-electron chi connectivity index (χ3n) is 8.37. The van der Waals surface area contributed by atoms with Crippen LogP contribution in [0.25, 0.3) is 0 Å². The van der Waals surface area contributed by atoms with Crippen molar-refractivity contribution in [3.8, 4) is 5.75 Å². The lowest BCUT2D eigenvalue weighted by Gasteiger charge is -2.36. The van der Waals surface area contributed by atoms with Crippen LogP contribution >= 0.6 is 11.6 Å². The molecule has 4 atom stereocenters. The highest BCUT2D eigenvalue weighted by Crippen LogP contribution is 2.56. The molecule has 7 nitrogen and oxygen atoms in total. The van der Waals surface area contributed by atoms with Crippen molar-refractivity contribution >= 4 is 40.7 Å². The number of nitrogens with zero attached hydrogens (tertiary/aromatic N) is 3. The fourth-order valence-corrected chi connectivity index (χ4v) is 6.81. The van der Waals surface area contributed by atoms with Crippen LogP contribution in [-0.2, 0) is 9.59 Å². The van der Waals surface area contributed by atoms with E-state index in [9.17, 15) is 14.4 Å². The summed E-state index contributed by atoms with van der Waals surface area (Å²) in [5.41, 5.74) is 1.88. The van der Waals surface area contributed by atoms with Gasteiger partial charge >= 0.3 is 0 Å². The number of anilines is 2. The second-order valence-corrected chi connectivity index (χ2v) is 10.4. The molecule has 3 amide bonds. The van der Waals surface area contributed by atoms with E-state index in [1.54, 1.807) is 30.2 Å². The van der Waals surface area contributed by atoms with E-state index in [0.717, 1.165) is 30.7 Å². The summed E-state index contributed by atoms with van der Waals surface area (Å²) >= 11 is 6.44. The number of carbonyl (C=O) groups is 3. The van der Waals surface area contributed by atoms with Crippen LogP contribution in [0.15, 0.2) is 42.5 Å². The van der Waals surface area contributed by atoms with Crippen LogP contribution < -0.4 is 14.5 Å². The van der Waals surface area contributed by atoms with Crippen LogP contribution in [0.5, 0.6) is 5.75 Å². The average Bonchev–Trinajstić information content (AvgIpc) is 3.58. The first kappa shape index (κ1) is 22.4. The zero-order valence-corrected chi connectivity index (χ0v) is 20.4. The van der Waals surface area contributed by atoms with Gasteiger partial charge in [-0.15, -0.1) is 0 Å². The Hall–Kier alpha value is -3.06. The molecule has 0 aromatic heterocycles. The summed E-state index contributed by atoms with van der Waals surface area (Å²) in [7, 11) is 1.64. The molecule has 2 aromatic rings. The van der Waals surface area contributed by atoms with E-state index < -0.39 is 0 Å². The van der Waals surface area contributed by atoms with Crippen LogP contribution in [0.3, 0.4) is 0 Å². The van der Waals surface area contributed by atoms with Crippen LogP contribution in [0.4, 0.5) is 11.4 Å². The number of hydrogen-bond donors (Lipinski definition) is 0. The summed E-state index contributed by atoms with van der Waals surface area (Å²) in [4.78, 5) is 45.2. The lowest BCUT2D eigenvalue weighted by atomic mass is 9.81. The maximum absolute atomic E-state index is 13.4. The smallest absolute Gasteiger partial charge is 0.255 e. The van der Waals surface area contributed by atoms with Gasteiger partial charge in [0.05, 0.1) is 35.2 Å². The Bertz CT molecular complexity index is 1160. The molecule has 2 aliphatic carbocycles. The van der Waals surface area contributed by atoms with Crippen molar-refractivity contribution < 1.29 is 19.1 Å². The molecule has 2 saturated heterocycles. The first-order valence-corrected chi connectivity index (χ1v) is 12.7. The molecule has 182 valence electrons. The van der Waals surface area contributed by atoms with E-state index in [2.05, 4.69) is 4.90 Å². The number of piperazine rings is 1. The van der Waals surface area contributed by atoms with Gasteiger partial charge in [0.2, 0.25) is 11.8 Å². The van der Waals surface area contributed by atoms with E-state index in [1.807, 2.05) is 24.3 Å². The van der Waals surface area contributed by atoms with Crippen LogP contribution in [0.1, 0.15) is 29.6 Å². The highest BCUT2D eigenvalue weighted by molar-refractivity contribution is 6.34. The number of methoxy groups -OCH3 is 1. The third kappa shape index (κ3) is 3.59. The molecule has 0 N–H and O–H groups in total. The molecule has 2 aliphatic heterocycles. The topological polar surface area (TPSA) is 70.2 Å². The zero-order chi connectivity index (χ0) is 24.3. The summed E-state index contributed by atoms with van der Waals surface area (Å²) in [5.74, 6) is 0.670. The Morgan fingerprint density at radius 1 is 0.886 bits per heavy atom. The number of amides is 3. The van der Waals surface area contributed by atoms with Crippen molar-refractivity contribution in [2.24, 2.45) is 23.7 Å². The normalized spacial score (nSPS) is 27.5. The monoisotopic (exact) mass is 493 g/mol. The Morgan fingerprint density at radius 2 is 1.49 bits per heavy atom. The van der Waals surface area contributed by atoms with Gasteiger partial charge in [-0.05, 0) is 73.6 Å². The second kappa shape index (κ2) is 8.55. The van der Waals surface area contributed by atoms with Gasteiger partial charge in [-0.25, -0.2) is 0 Å². The number of hydrogen-bond acceptors (Lipinski definition) is 5. The van der Waals surface area contributed by atoms with Gasteiger partial charge in [0.25, 0.3) is 5.91 Å². The molecule has 4 aliphatic rings. The van der Waals surface area contributed by atoms with E-state index in [1.165, 1.54) is 4.90 Å². The number of fused-ring (bicyclic) bond motifs is 5. The van der Waals surface area contributed by atoms with Crippen molar-refractivity contribution in [3.05, 3.63) is 53.1 Å². The highest BCUT2D eigenvalue weighted by atomic mass is 35.5. The lowest BCUT2D eigenvalue weighted by molar-refractivity contribution is -0.123. The van der Waals surface area contributed by atoms with Crippen molar-refractivity contribution in [2.75, 3.05) is 43.1 Å². The van der Waals surface area contributed by atoms with E-state index in [0.29, 0.717) is 54.3 Å². The van der Waals surface area contributed by atoms with Crippen molar-refractivity contribution in [2.45, 2.75) is 19.3 Å². The van der Waals surface area contributed by atoms with Gasteiger partial charge in [0.1, 0.15) is 5.75 Å². The van der Waals surface area contributed by atoms with Gasteiger partial charge < -0.3 is 14.5 Å². The van der Waals surface area contributed by atoms with Crippen molar-refractivity contribution in [1.82, 2.24) is 4.90 Å². The van der Waals surface area contributed by atoms with E-state index >= 15 is 0 Å². The average molecular weight is 494 g/mol. The molecule has 6 rings (SSSR count). The number of carbonyl (C=O) groups excluding carboxylic acids is 3. The molecule has 4 fully saturated rings. The minimum atomic E-state index is -0.192. The van der Waals surface area contributed by atoms with E-state index in [4.69, 9.17) is 16.3 Å². The highest BCUT2D eigenvalue weighted by Gasteiger charge is 2.61. The number of rotatable bonds is 4. The second-order valence-electron chi connectivity index (χ2n) is 10.0. The quantitative estimate of drug-likeness (QED) is 0.605. The standard InChI is InChI=1S/C27H28ClN3O4/c1-35-20-7-4-18(5-8-20)29-10-12-30(13-11-29)25(32)21-15-19(6-9-22(21)28)31-26(33)23-16-2-3-17(14-16)24(23)27(31)34/h4-9,15-17,23-24H,2-3,10-14H2,1H3/t16-,17-,23-,24-/m0/s1. The molecule has 2 heterocycles. The Balaban J connectivity index is 1.18. The zero-order valence-electron chi connectivity index (χ0n) is 19.7.